The normalized spacial score (nSPS) is 13.0. The Kier molecular flexibility index (Phi) is 5.71. The first-order valence-electron chi connectivity index (χ1n) is 5.43. The molecule has 5 heteroatoms. The van der Waals surface area contributed by atoms with Gasteiger partial charge in [-0.25, -0.2) is 0 Å². The molecule has 0 aliphatic rings. The van der Waals surface area contributed by atoms with Gasteiger partial charge >= 0.3 is 0 Å². The highest BCUT2D eigenvalue weighted by molar-refractivity contribution is 7.98. The van der Waals surface area contributed by atoms with Crippen molar-refractivity contribution in [2.75, 3.05) is 5.75 Å². The summed E-state index contributed by atoms with van der Waals surface area (Å²) in [4.78, 5) is 4.28. The number of hydrogen-bond donors (Lipinski definition) is 1. The van der Waals surface area contributed by atoms with Crippen LogP contribution >= 0.6 is 11.8 Å². The summed E-state index contributed by atoms with van der Waals surface area (Å²) < 4.78 is 5.12. The fourth-order valence-electron chi connectivity index (χ4n) is 1.22. The molecule has 1 atom stereocenters. The standard InChI is InChI=1S/C10H19N3OS/c1-3-5-6-8(11)10-12-9(13-14-10)7-15-4-2/h8H,3-7,11H2,1-2H3/t8-/m0/s1. The molecule has 15 heavy (non-hydrogen) atoms. The molecule has 1 heterocycles. The van der Waals surface area contributed by atoms with Crippen molar-refractivity contribution in [1.82, 2.24) is 10.1 Å². The number of hydrogen-bond acceptors (Lipinski definition) is 5. The van der Waals surface area contributed by atoms with Gasteiger partial charge in [0.05, 0.1) is 11.8 Å². The number of rotatable bonds is 7. The first-order chi connectivity index (χ1) is 7.27. The number of thioether (sulfide) groups is 1. The van der Waals surface area contributed by atoms with Crippen molar-refractivity contribution in [1.29, 1.82) is 0 Å². The van der Waals surface area contributed by atoms with Gasteiger partial charge in [-0.3, -0.25) is 0 Å². The molecule has 0 aliphatic carbocycles. The van der Waals surface area contributed by atoms with Crippen LogP contribution < -0.4 is 5.73 Å². The van der Waals surface area contributed by atoms with Gasteiger partial charge in [-0.2, -0.15) is 16.7 Å². The van der Waals surface area contributed by atoms with Crippen molar-refractivity contribution in [3.8, 4) is 0 Å². The van der Waals surface area contributed by atoms with Crippen LogP contribution in [0.25, 0.3) is 0 Å². The van der Waals surface area contributed by atoms with Crippen LogP contribution in [0.5, 0.6) is 0 Å². The minimum absolute atomic E-state index is 0.0992. The summed E-state index contributed by atoms with van der Waals surface area (Å²) in [6.45, 7) is 4.25. The average Bonchev–Trinajstić information content (AvgIpc) is 2.71. The van der Waals surface area contributed by atoms with Crippen LogP contribution in [0.15, 0.2) is 4.52 Å². The third kappa shape index (κ3) is 4.22. The molecular weight excluding hydrogens is 210 g/mol. The largest absolute Gasteiger partial charge is 0.338 e. The highest BCUT2D eigenvalue weighted by Gasteiger charge is 2.13. The number of unbranched alkanes of at least 4 members (excludes halogenated alkanes) is 1. The summed E-state index contributed by atoms with van der Waals surface area (Å²) in [5.41, 5.74) is 5.92. The third-order valence-corrected chi connectivity index (χ3v) is 2.98. The second-order valence-corrected chi connectivity index (χ2v) is 4.71. The third-order valence-electron chi connectivity index (χ3n) is 2.10. The number of aromatic nitrogens is 2. The lowest BCUT2D eigenvalue weighted by molar-refractivity contribution is 0.343. The van der Waals surface area contributed by atoms with Gasteiger partial charge in [-0.05, 0) is 12.2 Å². The highest BCUT2D eigenvalue weighted by atomic mass is 32.2. The Morgan fingerprint density at radius 1 is 1.47 bits per heavy atom. The zero-order chi connectivity index (χ0) is 11.1. The van der Waals surface area contributed by atoms with E-state index in [1.54, 1.807) is 11.8 Å². The molecule has 0 unspecified atom stereocenters. The van der Waals surface area contributed by atoms with Crippen LogP contribution in [-0.4, -0.2) is 15.9 Å². The lowest BCUT2D eigenvalue weighted by Gasteiger charge is -2.03. The van der Waals surface area contributed by atoms with Crippen molar-refractivity contribution in [3.63, 3.8) is 0 Å². The van der Waals surface area contributed by atoms with Crippen LogP contribution in [0.2, 0.25) is 0 Å². The Balaban J connectivity index is 2.43. The Labute approximate surface area is 95.0 Å². The molecule has 1 rings (SSSR count). The van der Waals surface area contributed by atoms with E-state index in [0.29, 0.717) is 5.89 Å². The number of nitrogens with two attached hydrogens (primary N) is 1. The number of nitrogens with zero attached hydrogens (tertiary/aromatic N) is 2. The molecule has 2 N–H and O–H groups in total. The van der Waals surface area contributed by atoms with E-state index in [9.17, 15) is 0 Å². The first kappa shape index (κ1) is 12.5. The molecule has 86 valence electrons. The molecule has 0 bridgehead atoms. The fraction of sp³-hybridized carbons (Fsp3) is 0.800. The van der Waals surface area contributed by atoms with Gasteiger partial charge < -0.3 is 10.3 Å². The van der Waals surface area contributed by atoms with Crippen molar-refractivity contribution in [2.45, 2.75) is 44.9 Å². The van der Waals surface area contributed by atoms with Gasteiger partial charge in [0.15, 0.2) is 5.82 Å². The molecule has 0 aliphatic heterocycles. The van der Waals surface area contributed by atoms with Gasteiger partial charge in [0.2, 0.25) is 5.89 Å². The maximum atomic E-state index is 5.92. The Hall–Kier alpha value is -0.550. The van der Waals surface area contributed by atoms with Crippen LogP contribution in [-0.2, 0) is 5.75 Å². The summed E-state index contributed by atoms with van der Waals surface area (Å²) in [6.07, 6.45) is 3.15. The van der Waals surface area contributed by atoms with E-state index in [-0.39, 0.29) is 6.04 Å². The SMILES string of the molecule is CCCC[C@H](N)c1nc(CSCC)no1. The summed E-state index contributed by atoms with van der Waals surface area (Å²) in [7, 11) is 0. The minimum atomic E-state index is -0.0992. The minimum Gasteiger partial charge on any atom is -0.338 e. The molecule has 4 nitrogen and oxygen atoms in total. The maximum absolute atomic E-state index is 5.92. The smallest absolute Gasteiger partial charge is 0.243 e. The van der Waals surface area contributed by atoms with E-state index >= 15 is 0 Å². The predicted molar refractivity (Wildman–Crippen MR) is 62.6 cm³/mol. The molecule has 1 aromatic heterocycles. The maximum Gasteiger partial charge on any atom is 0.243 e. The summed E-state index contributed by atoms with van der Waals surface area (Å²) >= 11 is 1.78. The Bertz CT molecular complexity index is 277. The van der Waals surface area contributed by atoms with E-state index < -0.39 is 0 Å². The van der Waals surface area contributed by atoms with E-state index in [2.05, 4.69) is 24.0 Å². The highest BCUT2D eigenvalue weighted by Crippen LogP contribution is 2.16. The van der Waals surface area contributed by atoms with Crippen LogP contribution in [0.1, 0.15) is 50.9 Å². The lowest BCUT2D eigenvalue weighted by Crippen LogP contribution is -2.10. The van der Waals surface area contributed by atoms with Crippen LogP contribution in [0.3, 0.4) is 0 Å². The molecule has 0 spiro atoms. The molecule has 0 aromatic carbocycles. The molecule has 1 aromatic rings. The predicted octanol–water partition coefficient (Wildman–Crippen LogP) is 2.51. The Morgan fingerprint density at radius 2 is 2.27 bits per heavy atom. The van der Waals surface area contributed by atoms with Crippen LogP contribution in [0.4, 0.5) is 0 Å². The van der Waals surface area contributed by atoms with Crippen molar-refractivity contribution in [3.05, 3.63) is 11.7 Å². The lowest BCUT2D eigenvalue weighted by atomic mass is 10.1. The zero-order valence-electron chi connectivity index (χ0n) is 9.40. The first-order valence-corrected chi connectivity index (χ1v) is 6.59. The quantitative estimate of drug-likeness (QED) is 0.778. The van der Waals surface area contributed by atoms with Crippen molar-refractivity contribution < 1.29 is 4.52 Å². The molecular formula is C10H19N3OS. The topological polar surface area (TPSA) is 64.9 Å². The van der Waals surface area contributed by atoms with Gasteiger partial charge in [0.1, 0.15) is 0 Å². The van der Waals surface area contributed by atoms with Crippen molar-refractivity contribution >= 4 is 11.8 Å². The molecule has 0 fully saturated rings. The van der Waals surface area contributed by atoms with E-state index in [4.69, 9.17) is 10.3 Å². The fourth-order valence-corrected chi connectivity index (χ4v) is 1.72. The summed E-state index contributed by atoms with van der Waals surface area (Å²) in [5.74, 6) is 3.20. The van der Waals surface area contributed by atoms with Crippen LogP contribution in [0, 0.1) is 0 Å². The second kappa shape index (κ2) is 6.85. The second-order valence-electron chi connectivity index (χ2n) is 3.43. The van der Waals surface area contributed by atoms with Gasteiger partial charge in [-0.15, -0.1) is 0 Å². The van der Waals surface area contributed by atoms with Gasteiger partial charge in [0, 0.05) is 0 Å². The van der Waals surface area contributed by atoms with Crippen molar-refractivity contribution in [2.24, 2.45) is 5.73 Å². The van der Waals surface area contributed by atoms with E-state index in [1.807, 2.05) is 0 Å². The molecule has 0 radical (unpaired) electrons. The summed E-state index contributed by atoms with van der Waals surface area (Å²) in [6, 6.07) is -0.0992. The van der Waals surface area contributed by atoms with E-state index in [0.717, 1.165) is 36.6 Å². The van der Waals surface area contributed by atoms with Gasteiger partial charge in [0.25, 0.3) is 0 Å². The summed E-state index contributed by atoms with van der Waals surface area (Å²) in [5, 5.41) is 3.90. The monoisotopic (exact) mass is 229 g/mol. The molecule has 0 saturated carbocycles. The Morgan fingerprint density at radius 3 is 2.93 bits per heavy atom. The average molecular weight is 229 g/mol. The molecule has 0 amide bonds. The molecule has 0 saturated heterocycles. The zero-order valence-corrected chi connectivity index (χ0v) is 10.2. The van der Waals surface area contributed by atoms with E-state index in [1.165, 1.54) is 0 Å². The van der Waals surface area contributed by atoms with Gasteiger partial charge in [-0.1, -0.05) is 31.8 Å².